The lowest BCUT2D eigenvalue weighted by molar-refractivity contribution is 0.0947. The second-order valence-electron chi connectivity index (χ2n) is 4.02. The number of carbonyl (C=O) groups is 1. The number of halogens is 1. The maximum absolute atomic E-state index is 13.7. The molecule has 3 nitrogen and oxygen atoms in total. The van der Waals surface area contributed by atoms with E-state index in [9.17, 15) is 9.18 Å². The molecule has 1 aromatic heterocycles. The van der Waals surface area contributed by atoms with Crippen molar-refractivity contribution in [2.45, 2.75) is 6.42 Å². The topological polar surface area (TPSA) is 34.0 Å². The number of hydrogen-bond acceptors (Lipinski definition) is 1. The van der Waals surface area contributed by atoms with Gasteiger partial charge in [0.2, 0.25) is 0 Å². The summed E-state index contributed by atoms with van der Waals surface area (Å²) in [5.74, 6) is -0.375. The van der Waals surface area contributed by atoms with Gasteiger partial charge in [-0.3, -0.25) is 4.79 Å². The Balaban J connectivity index is 2.49. The molecule has 1 aromatic carbocycles. The molecule has 0 unspecified atom stereocenters. The van der Waals surface area contributed by atoms with Crippen molar-refractivity contribution in [1.29, 1.82) is 0 Å². The van der Waals surface area contributed by atoms with Crippen LogP contribution in [0.25, 0.3) is 10.9 Å². The van der Waals surface area contributed by atoms with Crippen molar-refractivity contribution in [2.24, 2.45) is 7.05 Å². The smallest absolute Gasteiger partial charge is 0.253 e. The van der Waals surface area contributed by atoms with Gasteiger partial charge in [0.25, 0.3) is 5.91 Å². The molecule has 1 amide bonds. The van der Waals surface area contributed by atoms with Gasteiger partial charge in [-0.15, -0.1) is 0 Å². The number of aromatic nitrogens is 1. The molecule has 0 saturated carbocycles. The fourth-order valence-corrected chi connectivity index (χ4v) is 2.44. The monoisotopic (exact) mass is 220 g/mol. The van der Waals surface area contributed by atoms with Crippen molar-refractivity contribution in [2.75, 3.05) is 6.54 Å². The van der Waals surface area contributed by atoms with Crippen molar-refractivity contribution in [3.63, 3.8) is 0 Å². The molecule has 1 aliphatic heterocycles. The minimum Gasteiger partial charge on any atom is -0.352 e. The number of fused-ring (bicyclic) bond motifs is 3. The minimum atomic E-state index is -0.276. The highest BCUT2D eigenvalue weighted by molar-refractivity contribution is 6.09. The van der Waals surface area contributed by atoms with E-state index >= 15 is 0 Å². The van der Waals surface area contributed by atoms with E-state index in [1.165, 1.54) is 6.07 Å². The SMILES string of the molecule is Cn1c2c(c3cccc(F)c31)[14C](=O)NCC2. The molecular weight excluding hydrogens is 209 g/mol. The first-order chi connectivity index (χ1) is 7.70. The predicted octanol–water partition coefficient (Wildman–Crippen LogP) is 1.60. The van der Waals surface area contributed by atoms with Gasteiger partial charge in [0.1, 0.15) is 5.82 Å². The van der Waals surface area contributed by atoms with Gasteiger partial charge in [-0.25, -0.2) is 4.39 Å². The lowest BCUT2D eigenvalue weighted by atomic mass is 10.2. The molecular formula is C12H11FN2O. The van der Waals surface area contributed by atoms with Crippen LogP contribution in [0.3, 0.4) is 0 Å². The number of carbonyl (C=O) groups excluding carboxylic acids is 1. The zero-order valence-electron chi connectivity index (χ0n) is 8.88. The number of benzene rings is 1. The van der Waals surface area contributed by atoms with Crippen molar-refractivity contribution < 1.29 is 9.18 Å². The molecule has 2 aromatic rings. The van der Waals surface area contributed by atoms with Crippen molar-refractivity contribution in [3.05, 3.63) is 35.3 Å². The number of aryl methyl sites for hydroxylation is 1. The van der Waals surface area contributed by atoms with Gasteiger partial charge in [-0.1, -0.05) is 12.1 Å². The summed E-state index contributed by atoms with van der Waals surface area (Å²) < 4.78 is 15.5. The van der Waals surface area contributed by atoms with Crippen LogP contribution in [0.1, 0.15) is 16.1 Å². The first kappa shape index (κ1) is 9.39. The van der Waals surface area contributed by atoms with Gasteiger partial charge in [0, 0.05) is 31.1 Å². The standard InChI is InChI=1S/C12H11FN2O/c1-15-9-5-6-14-12(16)10(9)7-3-2-4-8(13)11(7)15/h2-4H,5-6H2,1H3,(H,14,16)/i12+2. The molecule has 0 saturated heterocycles. The van der Waals surface area contributed by atoms with Crippen LogP contribution in [-0.4, -0.2) is 17.0 Å². The highest BCUT2D eigenvalue weighted by Crippen LogP contribution is 2.29. The van der Waals surface area contributed by atoms with Gasteiger partial charge in [-0.2, -0.15) is 0 Å². The van der Waals surface area contributed by atoms with E-state index in [0.29, 0.717) is 23.0 Å². The van der Waals surface area contributed by atoms with Crippen LogP contribution < -0.4 is 5.32 Å². The summed E-state index contributed by atoms with van der Waals surface area (Å²) in [6, 6.07) is 4.85. The summed E-state index contributed by atoms with van der Waals surface area (Å²) in [5, 5.41) is 3.49. The highest BCUT2D eigenvalue weighted by Gasteiger charge is 2.25. The van der Waals surface area contributed by atoms with Crippen LogP contribution in [0.5, 0.6) is 0 Å². The Labute approximate surface area is 91.9 Å². The van der Waals surface area contributed by atoms with Gasteiger partial charge in [-0.05, 0) is 6.07 Å². The van der Waals surface area contributed by atoms with Crippen LogP contribution in [0.15, 0.2) is 18.2 Å². The number of amides is 1. The predicted molar refractivity (Wildman–Crippen MR) is 58.9 cm³/mol. The molecule has 1 aliphatic rings. The van der Waals surface area contributed by atoms with E-state index in [2.05, 4.69) is 5.32 Å². The summed E-state index contributed by atoms with van der Waals surface area (Å²) in [6.45, 7) is 0.623. The molecule has 0 aliphatic carbocycles. The van der Waals surface area contributed by atoms with E-state index in [-0.39, 0.29) is 11.7 Å². The quantitative estimate of drug-likeness (QED) is 0.719. The summed E-state index contributed by atoms with van der Waals surface area (Å²) in [7, 11) is 1.81. The van der Waals surface area contributed by atoms with E-state index in [0.717, 1.165) is 12.1 Å². The van der Waals surface area contributed by atoms with Crippen LogP contribution in [0.2, 0.25) is 0 Å². The first-order valence-corrected chi connectivity index (χ1v) is 5.24. The molecule has 4 heteroatoms. The Bertz CT molecular complexity index is 601. The second-order valence-corrected chi connectivity index (χ2v) is 4.02. The Morgan fingerprint density at radius 3 is 3.12 bits per heavy atom. The number of hydrogen-bond donors (Lipinski definition) is 1. The minimum absolute atomic E-state index is 0.0996. The van der Waals surface area contributed by atoms with Crippen molar-refractivity contribution in [1.82, 2.24) is 9.88 Å². The van der Waals surface area contributed by atoms with Gasteiger partial charge < -0.3 is 9.88 Å². The van der Waals surface area contributed by atoms with Gasteiger partial charge >= 0.3 is 0 Å². The molecule has 82 valence electrons. The van der Waals surface area contributed by atoms with Crippen LogP contribution in [-0.2, 0) is 13.5 Å². The van der Waals surface area contributed by atoms with E-state index in [1.54, 1.807) is 16.7 Å². The molecule has 3 rings (SSSR count). The fourth-order valence-electron chi connectivity index (χ4n) is 2.44. The zero-order chi connectivity index (χ0) is 11.3. The Morgan fingerprint density at radius 2 is 2.31 bits per heavy atom. The Kier molecular flexibility index (Phi) is 1.80. The summed E-state index contributed by atoms with van der Waals surface area (Å²) in [5.41, 5.74) is 2.07. The molecule has 2 heterocycles. The molecule has 0 radical (unpaired) electrons. The summed E-state index contributed by atoms with van der Waals surface area (Å²) in [6.07, 6.45) is 0.756. The maximum atomic E-state index is 13.7. The molecule has 0 atom stereocenters. The number of rotatable bonds is 0. The normalized spacial score (nSPS) is 15.0. The van der Waals surface area contributed by atoms with Crippen LogP contribution >= 0.6 is 0 Å². The van der Waals surface area contributed by atoms with Crippen molar-refractivity contribution in [3.8, 4) is 0 Å². The largest absolute Gasteiger partial charge is 0.352 e. The third-order valence-electron chi connectivity index (χ3n) is 3.16. The highest BCUT2D eigenvalue weighted by atomic mass is 19.1. The Hall–Kier alpha value is -1.84. The number of nitrogens with zero attached hydrogens (tertiary/aromatic N) is 1. The second kappa shape index (κ2) is 3.07. The summed E-state index contributed by atoms with van der Waals surface area (Å²) >= 11 is 0. The maximum Gasteiger partial charge on any atom is 0.253 e. The molecule has 16 heavy (non-hydrogen) atoms. The third kappa shape index (κ3) is 1.04. The molecule has 0 spiro atoms. The van der Waals surface area contributed by atoms with Crippen molar-refractivity contribution >= 4 is 16.8 Å². The Morgan fingerprint density at radius 1 is 1.50 bits per heavy atom. The number of para-hydroxylation sites is 1. The third-order valence-corrected chi connectivity index (χ3v) is 3.16. The van der Waals surface area contributed by atoms with Crippen LogP contribution in [0.4, 0.5) is 4.39 Å². The first-order valence-electron chi connectivity index (χ1n) is 5.24. The van der Waals surface area contributed by atoms with Crippen LogP contribution in [0, 0.1) is 5.82 Å². The lowest BCUT2D eigenvalue weighted by Gasteiger charge is -2.14. The average Bonchev–Trinajstić information content (AvgIpc) is 2.56. The number of nitrogens with one attached hydrogen (secondary N) is 1. The van der Waals surface area contributed by atoms with E-state index < -0.39 is 0 Å². The lowest BCUT2D eigenvalue weighted by Crippen LogP contribution is -2.32. The van der Waals surface area contributed by atoms with Gasteiger partial charge in [0.15, 0.2) is 0 Å². The zero-order valence-corrected chi connectivity index (χ0v) is 8.88. The average molecular weight is 220 g/mol. The van der Waals surface area contributed by atoms with Gasteiger partial charge in [0.05, 0.1) is 11.1 Å². The van der Waals surface area contributed by atoms with E-state index in [4.69, 9.17) is 0 Å². The van der Waals surface area contributed by atoms with E-state index in [1.807, 2.05) is 7.05 Å². The fraction of sp³-hybridized carbons (Fsp3) is 0.250. The summed E-state index contributed by atoms with van der Waals surface area (Å²) in [4.78, 5) is 11.8. The molecule has 1 N–H and O–H groups in total. The molecule has 0 bridgehead atoms. The molecule has 0 fully saturated rings.